The van der Waals surface area contributed by atoms with Crippen LogP contribution in [0.1, 0.15) is 30.1 Å². The van der Waals surface area contributed by atoms with Crippen molar-refractivity contribution in [3.05, 3.63) is 41.5 Å². The van der Waals surface area contributed by atoms with Gasteiger partial charge in [0.25, 0.3) is 0 Å². The van der Waals surface area contributed by atoms with Crippen molar-refractivity contribution in [2.45, 2.75) is 45.4 Å². The fraction of sp³-hybridized carbons (Fsp3) is 0.526. The first-order valence-electron chi connectivity index (χ1n) is 9.05. The highest BCUT2D eigenvalue weighted by molar-refractivity contribution is 5.76. The van der Waals surface area contributed by atoms with Crippen LogP contribution in [0, 0.1) is 13.8 Å². The quantitative estimate of drug-likeness (QED) is 0.822. The van der Waals surface area contributed by atoms with Crippen LogP contribution >= 0.6 is 0 Å². The Hall–Kier alpha value is -2.41. The molecule has 3 heterocycles. The Morgan fingerprint density at radius 3 is 2.73 bits per heavy atom. The Bertz CT molecular complexity index is 811. The summed E-state index contributed by atoms with van der Waals surface area (Å²) in [6.07, 6.45) is 1.57. The molecule has 1 aromatic heterocycles. The van der Waals surface area contributed by atoms with E-state index in [0.717, 1.165) is 30.0 Å². The average Bonchev–Trinajstić information content (AvgIpc) is 2.85. The fourth-order valence-electron chi connectivity index (χ4n) is 3.73. The smallest absolute Gasteiger partial charge is 0.244 e. The highest BCUT2D eigenvalue weighted by Crippen LogP contribution is 2.35. The number of benzene rings is 1. The number of para-hydroxylation sites is 1. The number of carbonyl (C=O) groups excluding carboxylic acids is 1. The van der Waals surface area contributed by atoms with Crippen LogP contribution in [0.3, 0.4) is 0 Å². The van der Waals surface area contributed by atoms with Gasteiger partial charge in [-0.3, -0.25) is 4.79 Å². The summed E-state index contributed by atoms with van der Waals surface area (Å²) < 4.78 is 13.6. The maximum Gasteiger partial charge on any atom is 0.244 e. The van der Waals surface area contributed by atoms with Gasteiger partial charge in [-0.05, 0) is 19.9 Å². The Morgan fingerprint density at radius 1 is 1.23 bits per heavy atom. The molecule has 7 heteroatoms. The summed E-state index contributed by atoms with van der Waals surface area (Å²) in [6.45, 7) is 6.33. The van der Waals surface area contributed by atoms with Crippen LogP contribution < -0.4 is 4.74 Å². The number of fused-ring (bicyclic) bond motifs is 1. The van der Waals surface area contributed by atoms with E-state index in [1.54, 1.807) is 4.68 Å². The van der Waals surface area contributed by atoms with Crippen molar-refractivity contribution in [3.8, 4) is 5.75 Å². The number of amides is 1. The van der Waals surface area contributed by atoms with Crippen molar-refractivity contribution in [1.82, 2.24) is 19.7 Å². The first kappa shape index (κ1) is 17.0. The molecule has 0 saturated carbocycles. The van der Waals surface area contributed by atoms with Gasteiger partial charge in [0.15, 0.2) is 0 Å². The molecule has 0 atom stereocenters. The second kappa shape index (κ2) is 6.72. The van der Waals surface area contributed by atoms with E-state index >= 15 is 0 Å². The number of hydrogen-bond donors (Lipinski definition) is 0. The van der Waals surface area contributed by atoms with E-state index in [9.17, 15) is 4.79 Å². The van der Waals surface area contributed by atoms with Gasteiger partial charge >= 0.3 is 0 Å². The zero-order valence-electron chi connectivity index (χ0n) is 15.3. The third kappa shape index (κ3) is 3.31. The van der Waals surface area contributed by atoms with E-state index in [0.29, 0.717) is 32.1 Å². The Kier molecular flexibility index (Phi) is 4.40. The minimum atomic E-state index is -0.381. The third-order valence-corrected chi connectivity index (χ3v) is 5.14. The summed E-state index contributed by atoms with van der Waals surface area (Å²) in [5.74, 6) is 2.34. The van der Waals surface area contributed by atoms with Gasteiger partial charge in [-0.15, -0.1) is 0 Å². The van der Waals surface area contributed by atoms with E-state index < -0.39 is 0 Å². The molecule has 0 aliphatic carbocycles. The molecular formula is C19H24N4O3. The minimum absolute atomic E-state index is 0.0316. The lowest BCUT2D eigenvalue weighted by molar-refractivity contribution is -0.137. The first-order chi connectivity index (χ1) is 12.5. The van der Waals surface area contributed by atoms with Crippen molar-refractivity contribution < 1.29 is 14.3 Å². The van der Waals surface area contributed by atoms with E-state index in [2.05, 4.69) is 10.1 Å². The molecule has 26 heavy (non-hydrogen) atoms. The zero-order chi connectivity index (χ0) is 18.1. The Labute approximate surface area is 152 Å². The molecule has 2 aliphatic rings. The predicted molar refractivity (Wildman–Crippen MR) is 94.8 cm³/mol. The van der Waals surface area contributed by atoms with Crippen molar-refractivity contribution in [2.24, 2.45) is 0 Å². The molecule has 1 saturated heterocycles. The second-order valence-corrected chi connectivity index (χ2v) is 7.12. The van der Waals surface area contributed by atoms with E-state index in [1.807, 2.05) is 43.0 Å². The van der Waals surface area contributed by atoms with Crippen molar-refractivity contribution in [2.75, 3.05) is 19.8 Å². The number of ether oxygens (including phenoxy) is 2. The van der Waals surface area contributed by atoms with Crippen LogP contribution in [-0.2, 0) is 22.6 Å². The van der Waals surface area contributed by atoms with Crippen molar-refractivity contribution >= 4 is 5.91 Å². The molecule has 0 unspecified atom stereocenters. The molecular weight excluding hydrogens is 332 g/mol. The lowest BCUT2D eigenvalue weighted by Gasteiger charge is -2.38. The number of rotatable bonds is 2. The maximum atomic E-state index is 13.1. The molecule has 1 aromatic carbocycles. The SMILES string of the molecule is Cc1nc(C)n(CC(=O)N2Cc3ccccc3OC3(CCOCC3)C2)n1. The minimum Gasteiger partial charge on any atom is -0.485 e. The van der Waals surface area contributed by atoms with Crippen molar-refractivity contribution in [1.29, 1.82) is 0 Å². The molecule has 2 aromatic rings. The normalized spacial score (nSPS) is 18.9. The molecule has 2 aliphatic heterocycles. The van der Waals surface area contributed by atoms with Gasteiger partial charge in [0.2, 0.25) is 5.91 Å². The largest absolute Gasteiger partial charge is 0.485 e. The predicted octanol–water partition coefficient (Wildman–Crippen LogP) is 1.87. The molecule has 0 N–H and O–H groups in total. The van der Waals surface area contributed by atoms with Crippen LogP contribution in [0.2, 0.25) is 0 Å². The van der Waals surface area contributed by atoms with Crippen LogP contribution in [0.25, 0.3) is 0 Å². The van der Waals surface area contributed by atoms with Crippen molar-refractivity contribution in [3.63, 3.8) is 0 Å². The molecule has 1 amide bonds. The summed E-state index contributed by atoms with van der Waals surface area (Å²) in [5.41, 5.74) is 0.657. The van der Waals surface area contributed by atoms with Gasteiger partial charge in [-0.25, -0.2) is 9.67 Å². The molecule has 0 radical (unpaired) electrons. The number of nitrogens with zero attached hydrogens (tertiary/aromatic N) is 4. The van der Waals surface area contributed by atoms with Crippen LogP contribution in [-0.4, -0.2) is 50.9 Å². The van der Waals surface area contributed by atoms with Gasteiger partial charge in [-0.1, -0.05) is 18.2 Å². The van der Waals surface area contributed by atoms with Gasteiger partial charge in [0.1, 0.15) is 29.5 Å². The summed E-state index contributed by atoms with van der Waals surface area (Å²) in [7, 11) is 0. The van der Waals surface area contributed by atoms with Crippen LogP contribution in [0.15, 0.2) is 24.3 Å². The molecule has 1 fully saturated rings. The zero-order valence-corrected chi connectivity index (χ0v) is 15.3. The second-order valence-electron chi connectivity index (χ2n) is 7.12. The summed E-state index contributed by atoms with van der Waals surface area (Å²) in [6, 6.07) is 7.98. The van der Waals surface area contributed by atoms with Gasteiger partial charge < -0.3 is 14.4 Å². The topological polar surface area (TPSA) is 69.5 Å². The highest BCUT2D eigenvalue weighted by Gasteiger charge is 2.40. The molecule has 7 nitrogen and oxygen atoms in total. The number of aromatic nitrogens is 3. The molecule has 4 rings (SSSR count). The van der Waals surface area contributed by atoms with Crippen LogP contribution in [0.5, 0.6) is 5.75 Å². The lowest BCUT2D eigenvalue weighted by Crippen LogP contribution is -2.51. The average molecular weight is 356 g/mol. The molecule has 0 bridgehead atoms. The number of aryl methyl sites for hydroxylation is 2. The lowest BCUT2D eigenvalue weighted by atomic mass is 9.93. The number of carbonyl (C=O) groups is 1. The van der Waals surface area contributed by atoms with E-state index in [4.69, 9.17) is 9.47 Å². The number of hydrogen-bond acceptors (Lipinski definition) is 5. The molecule has 1 spiro atoms. The summed E-state index contributed by atoms with van der Waals surface area (Å²) in [4.78, 5) is 19.3. The van der Waals surface area contributed by atoms with Gasteiger partial charge in [0, 0.05) is 24.9 Å². The van der Waals surface area contributed by atoms with E-state index in [-0.39, 0.29) is 18.1 Å². The van der Waals surface area contributed by atoms with Gasteiger partial charge in [-0.2, -0.15) is 5.10 Å². The van der Waals surface area contributed by atoms with E-state index in [1.165, 1.54) is 0 Å². The van der Waals surface area contributed by atoms with Crippen LogP contribution in [0.4, 0.5) is 0 Å². The van der Waals surface area contributed by atoms with Gasteiger partial charge in [0.05, 0.1) is 19.8 Å². The summed E-state index contributed by atoms with van der Waals surface area (Å²) >= 11 is 0. The third-order valence-electron chi connectivity index (χ3n) is 5.14. The first-order valence-corrected chi connectivity index (χ1v) is 9.05. The highest BCUT2D eigenvalue weighted by atomic mass is 16.5. The monoisotopic (exact) mass is 356 g/mol. The standard InChI is InChI=1S/C19H24N4O3/c1-14-20-15(2)23(21-14)12-18(24)22-11-16-5-3-4-6-17(16)26-19(13-22)7-9-25-10-8-19/h3-6H,7-13H2,1-2H3. The molecule has 138 valence electrons. The maximum absolute atomic E-state index is 13.1. The fourth-order valence-corrected chi connectivity index (χ4v) is 3.73. The summed E-state index contributed by atoms with van der Waals surface area (Å²) in [5, 5.41) is 4.32. The Morgan fingerprint density at radius 2 is 2.00 bits per heavy atom. The Balaban J connectivity index is 1.62.